The summed E-state index contributed by atoms with van der Waals surface area (Å²) in [6.45, 7) is 4.12. The summed E-state index contributed by atoms with van der Waals surface area (Å²) >= 11 is 0. The highest BCUT2D eigenvalue weighted by atomic mass is 16.5. The molecule has 0 radical (unpaired) electrons. The molecule has 0 bridgehead atoms. The van der Waals surface area contributed by atoms with Gasteiger partial charge in [-0.25, -0.2) is 0 Å². The lowest BCUT2D eigenvalue weighted by Gasteiger charge is -2.42. The number of aliphatic hydroxyl groups excluding tert-OH is 1. The summed E-state index contributed by atoms with van der Waals surface area (Å²) in [6, 6.07) is 0. The van der Waals surface area contributed by atoms with E-state index in [0.29, 0.717) is 6.61 Å². The molecule has 2 rings (SSSR count). The fraction of sp³-hybridized carbons (Fsp3) is 1.00. The van der Waals surface area contributed by atoms with Crippen molar-refractivity contribution in [3.63, 3.8) is 0 Å². The van der Waals surface area contributed by atoms with Crippen LogP contribution in [0.25, 0.3) is 0 Å². The number of ether oxygens (including phenoxy) is 1. The predicted octanol–water partition coefficient (Wildman–Crippen LogP) is 0.775. The van der Waals surface area contributed by atoms with Gasteiger partial charge in [0.05, 0.1) is 19.8 Å². The van der Waals surface area contributed by atoms with Crippen LogP contribution in [0.1, 0.15) is 25.7 Å². The monoisotopic (exact) mass is 199 g/mol. The van der Waals surface area contributed by atoms with Crippen molar-refractivity contribution in [2.24, 2.45) is 11.3 Å². The van der Waals surface area contributed by atoms with Crippen LogP contribution < -0.4 is 5.32 Å². The van der Waals surface area contributed by atoms with E-state index in [1.54, 1.807) is 0 Å². The van der Waals surface area contributed by atoms with Gasteiger partial charge in [0.1, 0.15) is 0 Å². The van der Waals surface area contributed by atoms with E-state index in [1.165, 1.54) is 25.8 Å². The first-order valence-corrected chi connectivity index (χ1v) is 5.74. The van der Waals surface area contributed by atoms with Crippen molar-refractivity contribution in [3.8, 4) is 0 Å². The van der Waals surface area contributed by atoms with Crippen molar-refractivity contribution < 1.29 is 9.84 Å². The van der Waals surface area contributed by atoms with Gasteiger partial charge < -0.3 is 15.2 Å². The molecule has 2 N–H and O–H groups in total. The second-order valence-corrected chi connectivity index (χ2v) is 4.92. The van der Waals surface area contributed by atoms with Gasteiger partial charge in [-0.2, -0.15) is 0 Å². The molecule has 2 fully saturated rings. The Morgan fingerprint density at radius 2 is 2.21 bits per heavy atom. The molecule has 2 heterocycles. The van der Waals surface area contributed by atoms with Crippen LogP contribution in [-0.2, 0) is 4.74 Å². The smallest absolute Gasteiger partial charge is 0.0567 e. The lowest BCUT2D eigenvalue weighted by atomic mass is 9.77. The van der Waals surface area contributed by atoms with Gasteiger partial charge in [-0.3, -0.25) is 0 Å². The molecule has 2 saturated heterocycles. The summed E-state index contributed by atoms with van der Waals surface area (Å²) in [5.74, 6) is 0.744. The highest BCUT2D eigenvalue weighted by Gasteiger charge is 2.39. The minimum atomic E-state index is 0.108. The van der Waals surface area contributed by atoms with Gasteiger partial charge in [-0.15, -0.1) is 0 Å². The first-order chi connectivity index (χ1) is 6.85. The van der Waals surface area contributed by atoms with Crippen LogP contribution in [0.4, 0.5) is 0 Å². The minimum absolute atomic E-state index is 0.108. The zero-order valence-electron chi connectivity index (χ0n) is 8.80. The molecule has 0 aromatic carbocycles. The molecule has 1 unspecified atom stereocenters. The van der Waals surface area contributed by atoms with E-state index < -0.39 is 0 Å². The quantitative estimate of drug-likeness (QED) is 0.705. The van der Waals surface area contributed by atoms with E-state index in [4.69, 9.17) is 4.74 Å². The molecule has 0 saturated carbocycles. The molecule has 3 nitrogen and oxygen atoms in total. The summed E-state index contributed by atoms with van der Waals surface area (Å²) in [7, 11) is 0. The van der Waals surface area contributed by atoms with Gasteiger partial charge in [-0.1, -0.05) is 6.42 Å². The summed E-state index contributed by atoms with van der Waals surface area (Å²) in [5, 5.41) is 12.8. The van der Waals surface area contributed by atoms with Crippen LogP contribution in [0.3, 0.4) is 0 Å². The van der Waals surface area contributed by atoms with Crippen molar-refractivity contribution in [2.75, 3.05) is 32.9 Å². The molecule has 0 aliphatic carbocycles. The molecular weight excluding hydrogens is 178 g/mol. The summed E-state index contributed by atoms with van der Waals surface area (Å²) in [4.78, 5) is 0. The van der Waals surface area contributed by atoms with E-state index in [0.717, 1.165) is 32.1 Å². The second kappa shape index (κ2) is 4.60. The number of nitrogens with one attached hydrogen (secondary N) is 1. The maximum Gasteiger partial charge on any atom is 0.0567 e. The van der Waals surface area contributed by atoms with Crippen molar-refractivity contribution in [3.05, 3.63) is 0 Å². The Labute approximate surface area is 85.8 Å². The molecule has 14 heavy (non-hydrogen) atoms. The van der Waals surface area contributed by atoms with Gasteiger partial charge in [0.2, 0.25) is 0 Å². The molecule has 3 heteroatoms. The minimum Gasteiger partial charge on any atom is -0.396 e. The van der Waals surface area contributed by atoms with Crippen molar-refractivity contribution in [2.45, 2.75) is 25.7 Å². The Morgan fingerprint density at radius 3 is 2.86 bits per heavy atom. The van der Waals surface area contributed by atoms with E-state index >= 15 is 0 Å². The van der Waals surface area contributed by atoms with E-state index in [9.17, 15) is 5.11 Å². The van der Waals surface area contributed by atoms with Gasteiger partial charge in [0.15, 0.2) is 0 Å². The lowest BCUT2D eigenvalue weighted by Crippen LogP contribution is -2.47. The first-order valence-electron chi connectivity index (χ1n) is 5.74. The highest BCUT2D eigenvalue weighted by Crippen LogP contribution is 2.35. The fourth-order valence-electron chi connectivity index (χ4n) is 2.54. The van der Waals surface area contributed by atoms with Gasteiger partial charge in [-0.05, 0) is 38.3 Å². The zero-order valence-corrected chi connectivity index (χ0v) is 8.80. The standard InChI is InChI=1S/C11H21NO2/c13-7-11(8-14-9-11)5-10-3-1-2-4-12-6-10/h10,12-13H,1-9H2. The summed E-state index contributed by atoms with van der Waals surface area (Å²) < 4.78 is 5.22. The summed E-state index contributed by atoms with van der Waals surface area (Å²) in [6.07, 6.45) is 5.09. The third kappa shape index (κ3) is 2.27. The maximum absolute atomic E-state index is 9.34. The molecule has 0 amide bonds. The van der Waals surface area contributed by atoms with E-state index in [1.807, 2.05) is 0 Å². The average molecular weight is 199 g/mol. The van der Waals surface area contributed by atoms with Crippen LogP contribution >= 0.6 is 0 Å². The molecule has 0 spiro atoms. The maximum atomic E-state index is 9.34. The normalized spacial score (nSPS) is 31.9. The van der Waals surface area contributed by atoms with Crippen LogP contribution in [0, 0.1) is 11.3 Å². The van der Waals surface area contributed by atoms with Crippen LogP contribution in [0.2, 0.25) is 0 Å². The van der Waals surface area contributed by atoms with Crippen LogP contribution in [0.5, 0.6) is 0 Å². The van der Waals surface area contributed by atoms with E-state index in [2.05, 4.69) is 5.32 Å². The first kappa shape index (κ1) is 10.4. The average Bonchev–Trinajstić information content (AvgIpc) is 2.39. The Balaban J connectivity index is 1.82. The predicted molar refractivity (Wildman–Crippen MR) is 55.2 cm³/mol. The third-order valence-corrected chi connectivity index (χ3v) is 3.52. The molecule has 0 aromatic heterocycles. The van der Waals surface area contributed by atoms with Gasteiger partial charge in [0.25, 0.3) is 0 Å². The summed E-state index contributed by atoms with van der Waals surface area (Å²) in [5.41, 5.74) is 0.108. The Hall–Kier alpha value is -0.120. The Bertz CT molecular complexity index is 167. The van der Waals surface area contributed by atoms with Gasteiger partial charge >= 0.3 is 0 Å². The van der Waals surface area contributed by atoms with Gasteiger partial charge in [0, 0.05) is 5.41 Å². The lowest BCUT2D eigenvalue weighted by molar-refractivity contribution is -0.147. The Kier molecular flexibility index (Phi) is 3.42. The van der Waals surface area contributed by atoms with Crippen molar-refractivity contribution in [1.82, 2.24) is 5.32 Å². The molecule has 2 aliphatic heterocycles. The highest BCUT2D eigenvalue weighted by molar-refractivity contribution is 4.88. The van der Waals surface area contributed by atoms with Crippen molar-refractivity contribution in [1.29, 1.82) is 0 Å². The van der Waals surface area contributed by atoms with Crippen LogP contribution in [-0.4, -0.2) is 38.0 Å². The SMILES string of the molecule is OCC1(CC2CCCCNC2)COC1. The van der Waals surface area contributed by atoms with E-state index in [-0.39, 0.29) is 5.41 Å². The second-order valence-electron chi connectivity index (χ2n) is 4.92. The zero-order chi connectivity index (χ0) is 9.86. The Morgan fingerprint density at radius 1 is 1.36 bits per heavy atom. The molecule has 2 aliphatic rings. The molecule has 82 valence electrons. The van der Waals surface area contributed by atoms with Crippen molar-refractivity contribution >= 4 is 0 Å². The number of aliphatic hydroxyl groups is 1. The van der Waals surface area contributed by atoms with Crippen LogP contribution in [0.15, 0.2) is 0 Å². The fourth-order valence-corrected chi connectivity index (χ4v) is 2.54. The topological polar surface area (TPSA) is 41.5 Å². The number of hydrogen-bond donors (Lipinski definition) is 2. The third-order valence-electron chi connectivity index (χ3n) is 3.52. The molecular formula is C11H21NO2. The largest absolute Gasteiger partial charge is 0.396 e. The number of hydrogen-bond acceptors (Lipinski definition) is 3. The number of rotatable bonds is 3. The molecule has 0 aromatic rings. The molecule has 1 atom stereocenters.